The topological polar surface area (TPSA) is 17.1 Å². The van der Waals surface area contributed by atoms with Crippen LogP contribution in [-0.2, 0) is 0 Å². The van der Waals surface area contributed by atoms with Crippen molar-refractivity contribution in [3.63, 3.8) is 0 Å². The second kappa shape index (κ2) is 3.19. The normalized spacial score (nSPS) is 36.8. The Hall–Kier alpha value is -1.63. The van der Waals surface area contributed by atoms with Crippen LogP contribution in [0.15, 0.2) is 42.5 Å². The molecule has 2 bridgehead atoms. The van der Waals surface area contributed by atoms with Crippen molar-refractivity contribution in [1.82, 2.24) is 0 Å². The van der Waals surface area contributed by atoms with Gasteiger partial charge in [-0.1, -0.05) is 48.6 Å². The molecule has 0 heterocycles. The third kappa shape index (κ3) is 1.17. The highest BCUT2D eigenvalue weighted by Crippen LogP contribution is 2.51. The van der Waals surface area contributed by atoms with Crippen LogP contribution < -0.4 is 0 Å². The first-order chi connectivity index (χ1) is 8.34. The largest absolute Gasteiger partial charge is 0.294 e. The summed E-state index contributed by atoms with van der Waals surface area (Å²) in [6.45, 7) is 0. The third-order valence-corrected chi connectivity index (χ3v) is 4.55. The molecule has 0 amide bonds. The Morgan fingerprint density at radius 3 is 2.76 bits per heavy atom. The van der Waals surface area contributed by atoms with Gasteiger partial charge in [0.15, 0.2) is 5.78 Å². The van der Waals surface area contributed by atoms with Gasteiger partial charge in [0.1, 0.15) is 0 Å². The SMILES string of the molecule is O=C1c2ccccc2C=C[C@@H]2[C@H]1[C@H]1C=C[C@@H]2C1. The van der Waals surface area contributed by atoms with Gasteiger partial charge < -0.3 is 0 Å². The van der Waals surface area contributed by atoms with Crippen molar-refractivity contribution < 1.29 is 4.79 Å². The fourth-order valence-electron chi connectivity index (χ4n) is 3.75. The van der Waals surface area contributed by atoms with Crippen LogP contribution in [0.2, 0.25) is 0 Å². The molecule has 0 unspecified atom stereocenters. The standard InChI is InChI=1S/C16H14O/c17-16-14-4-2-1-3-10(14)7-8-13-11-5-6-12(9-11)15(13)16/h1-8,11-13,15H,9H2/t11-,12+,13+,15-/m1/s1. The van der Waals surface area contributed by atoms with Crippen LogP contribution in [0.1, 0.15) is 22.3 Å². The molecule has 84 valence electrons. The lowest BCUT2D eigenvalue weighted by molar-refractivity contribution is 0.0879. The van der Waals surface area contributed by atoms with Gasteiger partial charge in [-0.05, 0) is 29.7 Å². The average molecular weight is 222 g/mol. The summed E-state index contributed by atoms with van der Waals surface area (Å²) in [6, 6.07) is 7.98. The number of benzene rings is 1. The fraction of sp³-hybridized carbons (Fsp3) is 0.312. The van der Waals surface area contributed by atoms with Gasteiger partial charge in [0.2, 0.25) is 0 Å². The molecule has 1 aromatic rings. The number of allylic oxidation sites excluding steroid dienone is 3. The maximum atomic E-state index is 12.6. The van der Waals surface area contributed by atoms with Crippen LogP contribution in [0.5, 0.6) is 0 Å². The number of hydrogen-bond acceptors (Lipinski definition) is 1. The lowest BCUT2D eigenvalue weighted by atomic mass is 9.79. The molecule has 0 spiro atoms. The van der Waals surface area contributed by atoms with E-state index >= 15 is 0 Å². The van der Waals surface area contributed by atoms with Gasteiger partial charge in [0, 0.05) is 11.5 Å². The van der Waals surface area contributed by atoms with Gasteiger partial charge >= 0.3 is 0 Å². The molecule has 0 aliphatic heterocycles. The minimum Gasteiger partial charge on any atom is -0.294 e. The molecule has 17 heavy (non-hydrogen) atoms. The van der Waals surface area contributed by atoms with Crippen molar-refractivity contribution in [2.45, 2.75) is 6.42 Å². The Labute approximate surface area is 101 Å². The predicted octanol–water partition coefficient (Wildman–Crippen LogP) is 3.33. The van der Waals surface area contributed by atoms with Crippen LogP contribution in [-0.4, -0.2) is 5.78 Å². The zero-order valence-electron chi connectivity index (χ0n) is 9.54. The molecule has 0 saturated heterocycles. The van der Waals surface area contributed by atoms with Gasteiger partial charge in [0.05, 0.1) is 0 Å². The molecule has 1 aromatic carbocycles. The van der Waals surface area contributed by atoms with Gasteiger partial charge in [0.25, 0.3) is 0 Å². The van der Waals surface area contributed by atoms with Crippen LogP contribution in [0.3, 0.4) is 0 Å². The number of carbonyl (C=O) groups is 1. The summed E-state index contributed by atoms with van der Waals surface area (Å²) in [6.07, 6.45) is 10.1. The number of carbonyl (C=O) groups excluding carboxylic acids is 1. The highest BCUT2D eigenvalue weighted by molar-refractivity contribution is 6.02. The molecule has 1 nitrogen and oxygen atoms in total. The molecular formula is C16H14O. The van der Waals surface area contributed by atoms with E-state index in [0.717, 1.165) is 11.1 Å². The molecule has 4 atom stereocenters. The maximum absolute atomic E-state index is 12.6. The van der Waals surface area contributed by atoms with Crippen LogP contribution in [0, 0.1) is 23.7 Å². The summed E-state index contributed by atoms with van der Waals surface area (Å²) in [7, 11) is 0. The highest BCUT2D eigenvalue weighted by Gasteiger charge is 2.47. The molecule has 0 N–H and O–H groups in total. The van der Waals surface area contributed by atoms with E-state index in [9.17, 15) is 4.79 Å². The van der Waals surface area contributed by atoms with E-state index in [1.807, 2.05) is 24.3 Å². The second-order valence-electron chi connectivity index (χ2n) is 5.36. The molecule has 0 aromatic heterocycles. The van der Waals surface area contributed by atoms with Crippen LogP contribution in [0.4, 0.5) is 0 Å². The summed E-state index contributed by atoms with van der Waals surface area (Å²) in [5.74, 6) is 2.06. The average Bonchev–Trinajstić information content (AvgIpc) is 2.92. The molecule has 1 fully saturated rings. The van der Waals surface area contributed by atoms with Gasteiger partial charge in [-0.15, -0.1) is 0 Å². The van der Waals surface area contributed by atoms with Crippen molar-refractivity contribution >= 4 is 11.9 Å². The van der Waals surface area contributed by atoms with E-state index in [4.69, 9.17) is 0 Å². The minimum absolute atomic E-state index is 0.199. The Bertz CT molecular complexity index is 552. The summed E-state index contributed by atoms with van der Waals surface area (Å²) in [5.41, 5.74) is 2.00. The quantitative estimate of drug-likeness (QED) is 0.615. The number of fused-ring (bicyclic) bond motifs is 6. The summed E-state index contributed by atoms with van der Waals surface area (Å²) >= 11 is 0. The molecule has 1 saturated carbocycles. The third-order valence-electron chi connectivity index (χ3n) is 4.55. The highest BCUT2D eigenvalue weighted by atomic mass is 16.1. The van der Waals surface area contributed by atoms with E-state index in [1.165, 1.54) is 6.42 Å². The van der Waals surface area contributed by atoms with Gasteiger partial charge in [-0.2, -0.15) is 0 Å². The maximum Gasteiger partial charge on any atom is 0.167 e. The Kier molecular flexibility index (Phi) is 1.77. The first-order valence-electron chi connectivity index (χ1n) is 6.34. The smallest absolute Gasteiger partial charge is 0.167 e. The van der Waals surface area contributed by atoms with Crippen molar-refractivity contribution in [1.29, 1.82) is 0 Å². The molecule has 1 heteroatoms. The monoisotopic (exact) mass is 222 g/mol. The molecule has 4 rings (SSSR count). The number of hydrogen-bond donors (Lipinski definition) is 0. The Morgan fingerprint density at radius 2 is 1.82 bits per heavy atom. The van der Waals surface area contributed by atoms with Gasteiger partial charge in [-0.3, -0.25) is 4.79 Å². The Balaban J connectivity index is 1.88. The summed E-state index contributed by atoms with van der Waals surface area (Å²) < 4.78 is 0. The van der Waals surface area contributed by atoms with Crippen molar-refractivity contribution in [3.05, 3.63) is 53.6 Å². The van der Waals surface area contributed by atoms with Gasteiger partial charge in [-0.25, -0.2) is 0 Å². The Morgan fingerprint density at radius 1 is 1.00 bits per heavy atom. The summed E-state index contributed by atoms with van der Waals surface area (Å²) in [4.78, 5) is 12.6. The lowest BCUT2D eigenvalue weighted by Gasteiger charge is -2.23. The van der Waals surface area contributed by atoms with E-state index in [2.05, 4.69) is 24.3 Å². The first-order valence-corrected chi connectivity index (χ1v) is 6.34. The molecule has 3 aliphatic rings. The van der Waals surface area contributed by atoms with Crippen molar-refractivity contribution in [2.75, 3.05) is 0 Å². The van der Waals surface area contributed by atoms with Crippen LogP contribution in [0.25, 0.3) is 6.08 Å². The molecule has 3 aliphatic carbocycles. The molecule has 0 radical (unpaired) electrons. The lowest BCUT2D eigenvalue weighted by Crippen LogP contribution is -2.25. The predicted molar refractivity (Wildman–Crippen MR) is 67.5 cm³/mol. The first kappa shape index (κ1) is 9.41. The number of ketones is 1. The van der Waals surface area contributed by atoms with Crippen LogP contribution >= 0.6 is 0 Å². The zero-order chi connectivity index (χ0) is 11.4. The van der Waals surface area contributed by atoms with E-state index < -0.39 is 0 Å². The number of Topliss-reactive ketones (excluding diaryl/α,β-unsaturated/α-hetero) is 1. The van der Waals surface area contributed by atoms with Crippen molar-refractivity contribution in [3.8, 4) is 0 Å². The van der Waals surface area contributed by atoms with Crippen molar-refractivity contribution in [2.24, 2.45) is 23.7 Å². The number of rotatable bonds is 0. The van der Waals surface area contributed by atoms with E-state index in [0.29, 0.717) is 23.5 Å². The fourth-order valence-corrected chi connectivity index (χ4v) is 3.75. The van der Waals surface area contributed by atoms with E-state index in [1.54, 1.807) is 0 Å². The molecular weight excluding hydrogens is 208 g/mol. The van der Waals surface area contributed by atoms with E-state index in [-0.39, 0.29) is 5.92 Å². The zero-order valence-corrected chi connectivity index (χ0v) is 9.54. The second-order valence-corrected chi connectivity index (χ2v) is 5.36. The summed E-state index contributed by atoms with van der Waals surface area (Å²) in [5, 5.41) is 0. The minimum atomic E-state index is 0.199.